The number of hydrogen-bond acceptors (Lipinski definition) is 3. The summed E-state index contributed by atoms with van der Waals surface area (Å²) in [6.45, 7) is 1.14. The molecule has 3 aromatic rings. The number of nitrogens with two attached hydrogens (primary N) is 1. The Hall–Kier alpha value is -2.07. The second kappa shape index (κ2) is 4.07. The van der Waals surface area contributed by atoms with E-state index in [0.29, 0.717) is 13.1 Å². The molecule has 0 spiro atoms. The standard InChI is InChI=1S/C13H13N3O/c14-6-10-5-12(17-9-10)8-16-13-4-2-1-3-11(13)7-15-16/h1-5,7,9H,6,8,14H2. The first-order valence-electron chi connectivity index (χ1n) is 5.54. The van der Waals surface area contributed by atoms with Crippen LogP contribution in [0, 0.1) is 0 Å². The summed E-state index contributed by atoms with van der Waals surface area (Å²) < 4.78 is 7.36. The average Bonchev–Trinajstić information content (AvgIpc) is 2.97. The van der Waals surface area contributed by atoms with Crippen LogP contribution in [-0.4, -0.2) is 9.78 Å². The van der Waals surface area contributed by atoms with E-state index in [1.54, 1.807) is 6.26 Å². The maximum absolute atomic E-state index is 5.54. The van der Waals surface area contributed by atoms with Gasteiger partial charge in [-0.15, -0.1) is 0 Å². The number of aromatic nitrogens is 2. The van der Waals surface area contributed by atoms with Crippen LogP contribution in [0.15, 0.2) is 47.2 Å². The summed E-state index contributed by atoms with van der Waals surface area (Å²) in [5, 5.41) is 5.49. The average molecular weight is 227 g/mol. The van der Waals surface area contributed by atoms with E-state index >= 15 is 0 Å². The van der Waals surface area contributed by atoms with Gasteiger partial charge >= 0.3 is 0 Å². The Morgan fingerprint density at radius 1 is 1.29 bits per heavy atom. The highest BCUT2D eigenvalue weighted by Gasteiger charge is 2.05. The molecule has 4 nitrogen and oxygen atoms in total. The number of benzene rings is 1. The predicted molar refractivity (Wildman–Crippen MR) is 65.4 cm³/mol. The van der Waals surface area contributed by atoms with E-state index in [9.17, 15) is 0 Å². The van der Waals surface area contributed by atoms with E-state index in [1.165, 1.54) is 0 Å². The van der Waals surface area contributed by atoms with Gasteiger partial charge in [-0.25, -0.2) is 0 Å². The molecule has 0 atom stereocenters. The summed E-state index contributed by atoms with van der Waals surface area (Å²) in [6.07, 6.45) is 3.56. The number of nitrogens with zero attached hydrogens (tertiary/aromatic N) is 2. The summed E-state index contributed by atoms with van der Waals surface area (Å²) in [7, 11) is 0. The largest absolute Gasteiger partial charge is 0.467 e. The normalized spacial score (nSPS) is 11.1. The summed E-state index contributed by atoms with van der Waals surface area (Å²) in [5.74, 6) is 0.874. The highest BCUT2D eigenvalue weighted by atomic mass is 16.3. The van der Waals surface area contributed by atoms with E-state index in [0.717, 1.165) is 22.2 Å². The molecule has 4 heteroatoms. The van der Waals surface area contributed by atoms with Gasteiger partial charge in [-0.3, -0.25) is 4.68 Å². The molecule has 0 saturated heterocycles. The Morgan fingerprint density at radius 2 is 2.18 bits per heavy atom. The molecule has 3 rings (SSSR count). The molecule has 0 aliphatic rings. The van der Waals surface area contributed by atoms with Gasteiger partial charge in [0.25, 0.3) is 0 Å². The number of rotatable bonds is 3. The lowest BCUT2D eigenvalue weighted by atomic mass is 10.2. The third kappa shape index (κ3) is 1.83. The second-order valence-corrected chi connectivity index (χ2v) is 3.99. The Labute approximate surface area is 98.6 Å². The Bertz CT molecular complexity index is 639. The SMILES string of the molecule is NCc1coc(Cn2ncc3ccccc32)c1. The molecular weight excluding hydrogens is 214 g/mol. The maximum Gasteiger partial charge on any atom is 0.125 e. The van der Waals surface area contributed by atoms with Gasteiger partial charge in [0.15, 0.2) is 0 Å². The molecule has 0 aliphatic heterocycles. The molecule has 0 bridgehead atoms. The Kier molecular flexibility index (Phi) is 2.42. The second-order valence-electron chi connectivity index (χ2n) is 3.99. The van der Waals surface area contributed by atoms with Crippen molar-refractivity contribution in [3.8, 4) is 0 Å². The molecule has 17 heavy (non-hydrogen) atoms. The molecule has 0 amide bonds. The zero-order chi connectivity index (χ0) is 11.7. The molecule has 2 aromatic heterocycles. The number of furan rings is 1. The van der Waals surface area contributed by atoms with Crippen molar-refractivity contribution in [1.29, 1.82) is 0 Å². The maximum atomic E-state index is 5.54. The molecule has 86 valence electrons. The lowest BCUT2D eigenvalue weighted by molar-refractivity contribution is 0.483. The Balaban J connectivity index is 1.94. The topological polar surface area (TPSA) is 57.0 Å². The van der Waals surface area contributed by atoms with Crippen LogP contribution in [0.5, 0.6) is 0 Å². The molecule has 2 heterocycles. The lowest BCUT2D eigenvalue weighted by Crippen LogP contribution is -2.00. The van der Waals surface area contributed by atoms with Gasteiger partial charge in [0.1, 0.15) is 5.76 Å². The predicted octanol–water partition coefficient (Wildman–Crippen LogP) is 2.14. The van der Waals surface area contributed by atoms with Gasteiger partial charge in [0.2, 0.25) is 0 Å². The summed E-state index contributed by atoms with van der Waals surface area (Å²) >= 11 is 0. The van der Waals surface area contributed by atoms with Crippen LogP contribution >= 0.6 is 0 Å². The highest BCUT2D eigenvalue weighted by molar-refractivity contribution is 5.78. The van der Waals surface area contributed by atoms with Gasteiger partial charge in [-0.1, -0.05) is 18.2 Å². The van der Waals surface area contributed by atoms with E-state index in [-0.39, 0.29) is 0 Å². The van der Waals surface area contributed by atoms with Crippen LogP contribution < -0.4 is 5.73 Å². The third-order valence-corrected chi connectivity index (χ3v) is 2.80. The zero-order valence-corrected chi connectivity index (χ0v) is 9.34. The fourth-order valence-electron chi connectivity index (χ4n) is 1.92. The van der Waals surface area contributed by atoms with Crippen molar-refractivity contribution in [1.82, 2.24) is 9.78 Å². The van der Waals surface area contributed by atoms with Crippen LogP contribution in [0.3, 0.4) is 0 Å². The van der Waals surface area contributed by atoms with Crippen LogP contribution in [0.25, 0.3) is 10.9 Å². The van der Waals surface area contributed by atoms with E-state index in [2.05, 4.69) is 11.2 Å². The first-order valence-corrected chi connectivity index (χ1v) is 5.54. The minimum atomic E-state index is 0.503. The summed E-state index contributed by atoms with van der Waals surface area (Å²) in [6, 6.07) is 10.1. The van der Waals surface area contributed by atoms with Crippen molar-refractivity contribution >= 4 is 10.9 Å². The molecule has 0 aliphatic carbocycles. The molecule has 0 unspecified atom stereocenters. The molecule has 0 saturated carbocycles. The highest BCUT2D eigenvalue weighted by Crippen LogP contribution is 2.15. The minimum absolute atomic E-state index is 0.503. The van der Waals surface area contributed by atoms with Crippen molar-refractivity contribution in [3.63, 3.8) is 0 Å². The zero-order valence-electron chi connectivity index (χ0n) is 9.34. The number of para-hydroxylation sites is 1. The number of hydrogen-bond donors (Lipinski definition) is 1. The summed E-state index contributed by atoms with van der Waals surface area (Å²) in [5.41, 5.74) is 7.66. The van der Waals surface area contributed by atoms with E-state index in [4.69, 9.17) is 10.2 Å². The summed E-state index contributed by atoms with van der Waals surface area (Å²) in [4.78, 5) is 0. The van der Waals surface area contributed by atoms with Crippen LogP contribution in [0.1, 0.15) is 11.3 Å². The molecular formula is C13H13N3O. The smallest absolute Gasteiger partial charge is 0.125 e. The van der Waals surface area contributed by atoms with Crippen molar-refractivity contribution in [2.45, 2.75) is 13.1 Å². The van der Waals surface area contributed by atoms with Gasteiger partial charge in [0, 0.05) is 17.5 Å². The van der Waals surface area contributed by atoms with Gasteiger partial charge in [-0.2, -0.15) is 5.10 Å². The molecule has 1 aromatic carbocycles. The lowest BCUT2D eigenvalue weighted by Gasteiger charge is -1.99. The van der Waals surface area contributed by atoms with Gasteiger partial charge in [-0.05, 0) is 12.1 Å². The first kappa shape index (κ1) is 10.1. The first-order chi connectivity index (χ1) is 8.36. The third-order valence-electron chi connectivity index (χ3n) is 2.80. The van der Waals surface area contributed by atoms with Crippen LogP contribution in [0.2, 0.25) is 0 Å². The number of fused-ring (bicyclic) bond motifs is 1. The molecule has 0 radical (unpaired) electrons. The van der Waals surface area contributed by atoms with E-state index in [1.807, 2.05) is 35.1 Å². The van der Waals surface area contributed by atoms with Crippen LogP contribution in [-0.2, 0) is 13.1 Å². The molecule has 0 fully saturated rings. The van der Waals surface area contributed by atoms with Crippen LogP contribution in [0.4, 0.5) is 0 Å². The van der Waals surface area contributed by atoms with Crippen molar-refractivity contribution in [3.05, 3.63) is 54.1 Å². The Morgan fingerprint density at radius 3 is 3.00 bits per heavy atom. The van der Waals surface area contributed by atoms with Crippen molar-refractivity contribution in [2.75, 3.05) is 0 Å². The molecule has 2 N–H and O–H groups in total. The van der Waals surface area contributed by atoms with Crippen molar-refractivity contribution < 1.29 is 4.42 Å². The van der Waals surface area contributed by atoms with Crippen molar-refractivity contribution in [2.24, 2.45) is 5.73 Å². The minimum Gasteiger partial charge on any atom is -0.467 e. The van der Waals surface area contributed by atoms with Gasteiger partial charge < -0.3 is 10.2 Å². The van der Waals surface area contributed by atoms with E-state index < -0.39 is 0 Å². The van der Waals surface area contributed by atoms with Gasteiger partial charge in [0.05, 0.1) is 24.5 Å². The monoisotopic (exact) mass is 227 g/mol. The fourth-order valence-corrected chi connectivity index (χ4v) is 1.92. The quantitative estimate of drug-likeness (QED) is 0.745. The fraction of sp³-hybridized carbons (Fsp3) is 0.154.